The second-order valence-corrected chi connectivity index (χ2v) is 7.46. The van der Waals surface area contributed by atoms with Gasteiger partial charge in [0.1, 0.15) is 5.82 Å². The highest BCUT2D eigenvalue weighted by Gasteiger charge is 2.44. The van der Waals surface area contributed by atoms with Gasteiger partial charge in [0.2, 0.25) is 5.91 Å². The van der Waals surface area contributed by atoms with Gasteiger partial charge in [0.05, 0.1) is 5.60 Å². The van der Waals surface area contributed by atoms with Gasteiger partial charge >= 0.3 is 0 Å². The van der Waals surface area contributed by atoms with Crippen molar-refractivity contribution in [3.05, 3.63) is 35.6 Å². The molecule has 0 radical (unpaired) electrons. The first-order valence-corrected chi connectivity index (χ1v) is 8.56. The highest BCUT2D eigenvalue weighted by Crippen LogP contribution is 2.38. The lowest BCUT2D eigenvalue weighted by Crippen LogP contribution is -2.53. The lowest BCUT2D eigenvalue weighted by Gasteiger charge is -2.45. The topological polar surface area (TPSA) is 58.6 Å². The van der Waals surface area contributed by atoms with Gasteiger partial charge in [-0.15, -0.1) is 0 Å². The van der Waals surface area contributed by atoms with Gasteiger partial charge in [0.15, 0.2) is 0 Å². The first-order chi connectivity index (χ1) is 11.2. The van der Waals surface area contributed by atoms with Crippen molar-refractivity contribution in [3.8, 4) is 0 Å². The van der Waals surface area contributed by atoms with E-state index in [0.717, 1.165) is 5.56 Å². The van der Waals surface area contributed by atoms with Crippen LogP contribution in [0.25, 0.3) is 0 Å². The van der Waals surface area contributed by atoms with E-state index in [2.05, 4.69) is 5.32 Å². The zero-order chi connectivity index (χ0) is 17.8. The number of aliphatic hydroxyl groups is 1. The third-order valence-corrected chi connectivity index (χ3v) is 5.24. The summed E-state index contributed by atoms with van der Waals surface area (Å²) < 4.78 is 18.3. The SMILES string of the molecule is C[C@@H](CC(=O)NCC(C)(C)C1(O)CCOCC1)c1ccc(F)cc1. The van der Waals surface area contributed by atoms with E-state index < -0.39 is 11.0 Å². The van der Waals surface area contributed by atoms with Crippen molar-refractivity contribution in [3.63, 3.8) is 0 Å². The van der Waals surface area contributed by atoms with E-state index in [4.69, 9.17) is 4.74 Å². The number of hydrogen-bond donors (Lipinski definition) is 2. The second kappa shape index (κ2) is 7.62. The summed E-state index contributed by atoms with van der Waals surface area (Å²) in [5, 5.41) is 13.8. The van der Waals surface area contributed by atoms with Crippen molar-refractivity contribution in [2.45, 2.75) is 51.6 Å². The zero-order valence-corrected chi connectivity index (χ0v) is 14.8. The molecule has 1 aromatic rings. The number of benzene rings is 1. The Labute approximate surface area is 143 Å². The Bertz CT molecular complexity index is 550. The van der Waals surface area contributed by atoms with E-state index in [1.807, 2.05) is 20.8 Å². The maximum Gasteiger partial charge on any atom is 0.220 e. The van der Waals surface area contributed by atoms with Crippen LogP contribution in [-0.2, 0) is 9.53 Å². The van der Waals surface area contributed by atoms with Crippen LogP contribution in [0.15, 0.2) is 24.3 Å². The molecule has 1 saturated heterocycles. The number of nitrogens with one attached hydrogen (secondary N) is 1. The number of rotatable bonds is 6. The van der Waals surface area contributed by atoms with Crippen molar-refractivity contribution >= 4 is 5.91 Å². The van der Waals surface area contributed by atoms with E-state index >= 15 is 0 Å². The maximum atomic E-state index is 13.0. The largest absolute Gasteiger partial charge is 0.389 e. The zero-order valence-electron chi connectivity index (χ0n) is 14.8. The van der Waals surface area contributed by atoms with Gasteiger partial charge in [-0.05, 0) is 23.6 Å². The Balaban J connectivity index is 1.86. The monoisotopic (exact) mass is 337 g/mol. The van der Waals surface area contributed by atoms with Crippen molar-refractivity contribution < 1.29 is 19.0 Å². The Hall–Kier alpha value is -1.46. The Morgan fingerprint density at radius 1 is 1.33 bits per heavy atom. The first kappa shape index (κ1) is 18.9. The van der Waals surface area contributed by atoms with Gasteiger partial charge in [-0.1, -0.05) is 32.9 Å². The Morgan fingerprint density at radius 3 is 2.50 bits per heavy atom. The molecule has 1 aliphatic rings. The standard InChI is InChI=1S/C19H28FNO3/c1-14(15-4-6-16(20)7-5-15)12-17(22)21-13-18(2,3)19(23)8-10-24-11-9-19/h4-7,14,23H,8-13H2,1-3H3,(H,21,22)/t14-/m0/s1. The molecule has 0 bridgehead atoms. The number of carbonyl (C=O) groups is 1. The van der Waals surface area contributed by atoms with Crippen LogP contribution in [0.3, 0.4) is 0 Å². The smallest absolute Gasteiger partial charge is 0.220 e. The van der Waals surface area contributed by atoms with Crippen molar-refractivity contribution in [2.24, 2.45) is 5.41 Å². The minimum Gasteiger partial charge on any atom is -0.389 e. The van der Waals surface area contributed by atoms with Crippen LogP contribution in [0.5, 0.6) is 0 Å². The summed E-state index contributed by atoms with van der Waals surface area (Å²) in [5.41, 5.74) is -0.305. The Kier molecular flexibility index (Phi) is 5.99. The summed E-state index contributed by atoms with van der Waals surface area (Å²) in [6.45, 7) is 7.41. The van der Waals surface area contributed by atoms with E-state index in [0.29, 0.717) is 39.0 Å². The normalized spacial score (nSPS) is 18.9. The Morgan fingerprint density at radius 2 is 1.92 bits per heavy atom. The number of carbonyl (C=O) groups excluding carboxylic acids is 1. The third-order valence-electron chi connectivity index (χ3n) is 5.24. The number of ether oxygens (including phenoxy) is 1. The van der Waals surface area contributed by atoms with E-state index in [1.165, 1.54) is 12.1 Å². The van der Waals surface area contributed by atoms with Gasteiger partial charge in [0.25, 0.3) is 0 Å². The highest BCUT2D eigenvalue weighted by atomic mass is 19.1. The fraction of sp³-hybridized carbons (Fsp3) is 0.632. The summed E-state index contributed by atoms with van der Waals surface area (Å²) in [6.07, 6.45) is 1.51. The molecular weight excluding hydrogens is 309 g/mol. The molecule has 0 unspecified atom stereocenters. The van der Waals surface area contributed by atoms with Crippen LogP contribution < -0.4 is 5.32 Å². The predicted octanol–water partition coefficient (Wildman–Crippen LogP) is 3.00. The maximum absolute atomic E-state index is 13.0. The molecule has 24 heavy (non-hydrogen) atoms. The van der Waals surface area contributed by atoms with Crippen molar-refractivity contribution in [1.82, 2.24) is 5.32 Å². The van der Waals surface area contributed by atoms with Crippen LogP contribution in [-0.4, -0.2) is 36.4 Å². The second-order valence-electron chi connectivity index (χ2n) is 7.46. The molecule has 1 amide bonds. The quantitative estimate of drug-likeness (QED) is 0.839. The van der Waals surface area contributed by atoms with Gasteiger partial charge in [0, 0.05) is 44.4 Å². The van der Waals surface area contributed by atoms with Crippen LogP contribution in [0.1, 0.15) is 51.5 Å². The molecule has 0 aromatic heterocycles. The van der Waals surface area contributed by atoms with Gasteiger partial charge in [-0.2, -0.15) is 0 Å². The average molecular weight is 337 g/mol. The molecule has 0 aliphatic carbocycles. The first-order valence-electron chi connectivity index (χ1n) is 8.56. The molecule has 1 heterocycles. The minimum atomic E-state index is -0.818. The average Bonchev–Trinajstić information content (AvgIpc) is 2.54. The molecule has 134 valence electrons. The number of hydrogen-bond acceptors (Lipinski definition) is 3. The van der Waals surface area contributed by atoms with Gasteiger partial charge < -0.3 is 15.2 Å². The predicted molar refractivity (Wildman–Crippen MR) is 91.2 cm³/mol. The fourth-order valence-electron chi connectivity index (χ4n) is 3.13. The molecule has 2 N–H and O–H groups in total. The van der Waals surface area contributed by atoms with Crippen LogP contribution in [0.2, 0.25) is 0 Å². The molecule has 0 saturated carbocycles. The minimum absolute atomic E-state index is 0.0138. The molecule has 0 spiro atoms. The summed E-state index contributed by atoms with van der Waals surface area (Å²) in [4.78, 5) is 12.2. The lowest BCUT2D eigenvalue weighted by molar-refractivity contribution is -0.136. The summed E-state index contributed by atoms with van der Waals surface area (Å²) in [5.74, 6) is -0.322. The van der Waals surface area contributed by atoms with Gasteiger partial charge in [-0.3, -0.25) is 4.79 Å². The summed E-state index contributed by atoms with van der Waals surface area (Å²) >= 11 is 0. The summed E-state index contributed by atoms with van der Waals surface area (Å²) in [6, 6.07) is 6.24. The molecule has 1 atom stereocenters. The fourth-order valence-corrected chi connectivity index (χ4v) is 3.13. The number of halogens is 1. The number of amides is 1. The molecule has 2 rings (SSSR count). The van der Waals surface area contributed by atoms with E-state index in [1.54, 1.807) is 12.1 Å². The molecule has 5 heteroatoms. The lowest BCUT2D eigenvalue weighted by atomic mass is 9.70. The summed E-state index contributed by atoms with van der Waals surface area (Å²) in [7, 11) is 0. The molecule has 4 nitrogen and oxygen atoms in total. The molecule has 1 fully saturated rings. The van der Waals surface area contributed by atoms with E-state index in [9.17, 15) is 14.3 Å². The van der Waals surface area contributed by atoms with Crippen LogP contribution in [0.4, 0.5) is 4.39 Å². The molecule has 1 aliphatic heterocycles. The molecule has 1 aromatic carbocycles. The third kappa shape index (κ3) is 4.54. The molecular formula is C19H28FNO3. The van der Waals surface area contributed by atoms with Crippen molar-refractivity contribution in [2.75, 3.05) is 19.8 Å². The van der Waals surface area contributed by atoms with E-state index in [-0.39, 0.29) is 17.6 Å². The highest BCUT2D eigenvalue weighted by molar-refractivity contribution is 5.76. The van der Waals surface area contributed by atoms with Crippen LogP contribution >= 0.6 is 0 Å². The van der Waals surface area contributed by atoms with Crippen LogP contribution in [0, 0.1) is 11.2 Å². The van der Waals surface area contributed by atoms with Crippen molar-refractivity contribution in [1.29, 1.82) is 0 Å². The van der Waals surface area contributed by atoms with Gasteiger partial charge in [-0.25, -0.2) is 4.39 Å².